The van der Waals surface area contributed by atoms with Crippen LogP contribution in [0.1, 0.15) is 52.9 Å². The van der Waals surface area contributed by atoms with Crippen molar-refractivity contribution >= 4 is 7.92 Å². The van der Waals surface area contributed by atoms with Crippen LogP contribution in [0.4, 0.5) is 0 Å². The van der Waals surface area contributed by atoms with Crippen molar-refractivity contribution in [3.63, 3.8) is 0 Å². The molecule has 74 valence electrons. The molecule has 0 fully saturated rings. The van der Waals surface area contributed by atoms with Crippen LogP contribution in [0.5, 0.6) is 0 Å². The third kappa shape index (κ3) is 7.10. The van der Waals surface area contributed by atoms with Crippen LogP contribution in [-0.2, 0) is 0 Å². The summed E-state index contributed by atoms with van der Waals surface area (Å²) in [6.07, 6.45) is 11.7. The van der Waals surface area contributed by atoms with E-state index in [0.717, 1.165) is 0 Å². The molecule has 0 bridgehead atoms. The first-order valence-electron chi connectivity index (χ1n) is 5.57. The molecule has 0 N–H and O–H groups in total. The van der Waals surface area contributed by atoms with Gasteiger partial charge in [0, 0.05) is 0 Å². The predicted octanol–water partition coefficient (Wildman–Crippen LogP) is 4.48. The van der Waals surface area contributed by atoms with Crippen LogP contribution in [0.15, 0.2) is 0 Å². The molecule has 1 heteroatoms. The first-order chi connectivity index (χ1) is 5.85. The van der Waals surface area contributed by atoms with Crippen molar-refractivity contribution in [3.05, 3.63) is 0 Å². The van der Waals surface area contributed by atoms with Crippen molar-refractivity contribution in [3.8, 4) is 0 Å². The van der Waals surface area contributed by atoms with Gasteiger partial charge in [-0.2, -0.15) is 0 Å². The van der Waals surface area contributed by atoms with E-state index in [1.807, 2.05) is 0 Å². The van der Waals surface area contributed by atoms with Crippen molar-refractivity contribution in [2.45, 2.75) is 52.9 Å². The SMILES string of the molecule is CCCCCP(CC)CCCC. The zero-order valence-electron chi connectivity index (χ0n) is 9.10. The molecule has 1 atom stereocenters. The first kappa shape index (κ1) is 12.4. The molecule has 0 aliphatic rings. The molecule has 0 saturated carbocycles. The Bertz CT molecular complexity index is 81.1. The lowest BCUT2D eigenvalue weighted by Gasteiger charge is -2.14. The fraction of sp³-hybridized carbons (Fsp3) is 1.00. The Morgan fingerprint density at radius 1 is 0.750 bits per heavy atom. The van der Waals surface area contributed by atoms with Gasteiger partial charge in [-0.1, -0.05) is 40.0 Å². The van der Waals surface area contributed by atoms with Gasteiger partial charge < -0.3 is 0 Å². The van der Waals surface area contributed by atoms with E-state index < -0.39 is 0 Å². The Kier molecular flexibility index (Phi) is 9.86. The standard InChI is InChI=1S/C11H25P/c1-4-7-9-11-12(6-3)10-8-5-2/h4-11H2,1-3H3. The van der Waals surface area contributed by atoms with Gasteiger partial charge in [-0.3, -0.25) is 0 Å². The van der Waals surface area contributed by atoms with Crippen molar-refractivity contribution in [2.75, 3.05) is 18.5 Å². The van der Waals surface area contributed by atoms with E-state index in [9.17, 15) is 0 Å². The van der Waals surface area contributed by atoms with E-state index in [4.69, 9.17) is 0 Å². The third-order valence-corrected chi connectivity index (χ3v) is 5.14. The maximum atomic E-state index is 2.37. The summed E-state index contributed by atoms with van der Waals surface area (Å²) in [6.45, 7) is 6.96. The summed E-state index contributed by atoms with van der Waals surface area (Å²) < 4.78 is 0. The molecular weight excluding hydrogens is 163 g/mol. The fourth-order valence-electron chi connectivity index (χ4n) is 1.40. The van der Waals surface area contributed by atoms with E-state index in [1.165, 1.54) is 44.4 Å². The Labute approximate surface area is 79.9 Å². The highest BCUT2D eigenvalue weighted by atomic mass is 31.1. The van der Waals surface area contributed by atoms with Gasteiger partial charge in [0.05, 0.1) is 0 Å². The third-order valence-electron chi connectivity index (χ3n) is 2.35. The average molecular weight is 188 g/mol. The minimum absolute atomic E-state index is 0.424. The summed E-state index contributed by atoms with van der Waals surface area (Å²) in [6, 6.07) is 0. The van der Waals surface area contributed by atoms with Crippen LogP contribution in [0.25, 0.3) is 0 Å². The van der Waals surface area contributed by atoms with Crippen molar-refractivity contribution < 1.29 is 0 Å². The van der Waals surface area contributed by atoms with Gasteiger partial charge in [-0.05, 0) is 31.3 Å². The maximum Gasteiger partial charge on any atom is -0.0326 e. The second-order valence-electron chi connectivity index (χ2n) is 3.49. The molecule has 0 amide bonds. The zero-order valence-corrected chi connectivity index (χ0v) is 10.00. The molecule has 1 unspecified atom stereocenters. The van der Waals surface area contributed by atoms with Crippen molar-refractivity contribution in [1.82, 2.24) is 0 Å². The lowest BCUT2D eigenvalue weighted by molar-refractivity contribution is 0.773. The Hall–Kier alpha value is 0.430. The topological polar surface area (TPSA) is 0 Å². The van der Waals surface area contributed by atoms with Crippen LogP contribution in [0.3, 0.4) is 0 Å². The molecule has 12 heavy (non-hydrogen) atoms. The van der Waals surface area contributed by atoms with Crippen LogP contribution >= 0.6 is 7.92 Å². The molecule has 0 rings (SSSR count). The molecule has 0 saturated heterocycles. The van der Waals surface area contributed by atoms with Crippen molar-refractivity contribution in [2.24, 2.45) is 0 Å². The normalized spacial score (nSPS) is 13.2. The monoisotopic (exact) mass is 188 g/mol. The van der Waals surface area contributed by atoms with E-state index in [-0.39, 0.29) is 0 Å². The highest BCUT2D eigenvalue weighted by Gasteiger charge is 2.03. The van der Waals surface area contributed by atoms with Gasteiger partial charge in [0.15, 0.2) is 0 Å². The molecule has 0 aliphatic heterocycles. The molecule has 0 radical (unpaired) electrons. The quantitative estimate of drug-likeness (QED) is 0.389. The van der Waals surface area contributed by atoms with Gasteiger partial charge in [-0.15, -0.1) is 7.92 Å². The molecule has 0 aliphatic carbocycles. The van der Waals surface area contributed by atoms with Gasteiger partial charge in [0.25, 0.3) is 0 Å². The largest absolute Gasteiger partial charge is 0.107 e. The Morgan fingerprint density at radius 3 is 1.83 bits per heavy atom. The average Bonchev–Trinajstić information content (AvgIpc) is 2.11. The number of hydrogen-bond donors (Lipinski definition) is 0. The van der Waals surface area contributed by atoms with Crippen LogP contribution in [0.2, 0.25) is 0 Å². The molecule has 0 aromatic carbocycles. The molecule has 0 aromatic heterocycles. The van der Waals surface area contributed by atoms with Crippen molar-refractivity contribution in [1.29, 1.82) is 0 Å². The number of unbranched alkanes of at least 4 members (excludes halogenated alkanes) is 3. The first-order valence-corrected chi connectivity index (χ1v) is 7.47. The highest BCUT2D eigenvalue weighted by Crippen LogP contribution is 2.36. The smallest absolute Gasteiger partial charge is 0.0326 e. The summed E-state index contributed by atoms with van der Waals surface area (Å²) >= 11 is 0. The number of hydrogen-bond acceptors (Lipinski definition) is 0. The lowest BCUT2D eigenvalue weighted by atomic mass is 10.3. The highest BCUT2D eigenvalue weighted by molar-refractivity contribution is 7.57. The zero-order chi connectivity index (χ0) is 9.23. The predicted molar refractivity (Wildman–Crippen MR) is 61.6 cm³/mol. The maximum absolute atomic E-state index is 2.37. The van der Waals surface area contributed by atoms with E-state index >= 15 is 0 Å². The molecule has 0 heterocycles. The van der Waals surface area contributed by atoms with Gasteiger partial charge >= 0.3 is 0 Å². The summed E-state index contributed by atoms with van der Waals surface area (Å²) in [5.74, 6) is 0. The molecular formula is C11H25P. The van der Waals surface area contributed by atoms with Crippen LogP contribution in [0, 0.1) is 0 Å². The Morgan fingerprint density at radius 2 is 1.33 bits per heavy atom. The summed E-state index contributed by atoms with van der Waals surface area (Å²) in [7, 11) is 0.424. The molecule has 0 nitrogen and oxygen atoms in total. The fourth-order valence-corrected chi connectivity index (χ4v) is 3.69. The minimum Gasteiger partial charge on any atom is -0.107 e. The Balaban J connectivity index is 3.26. The second-order valence-corrected chi connectivity index (χ2v) is 6.36. The summed E-state index contributed by atoms with van der Waals surface area (Å²) in [4.78, 5) is 0. The number of rotatable bonds is 8. The second kappa shape index (κ2) is 9.52. The summed E-state index contributed by atoms with van der Waals surface area (Å²) in [5, 5.41) is 0. The van der Waals surface area contributed by atoms with Gasteiger partial charge in [0.2, 0.25) is 0 Å². The van der Waals surface area contributed by atoms with E-state index in [1.54, 1.807) is 6.16 Å². The lowest BCUT2D eigenvalue weighted by Crippen LogP contribution is -1.92. The molecule has 0 aromatic rings. The van der Waals surface area contributed by atoms with Crippen LogP contribution in [-0.4, -0.2) is 18.5 Å². The van der Waals surface area contributed by atoms with E-state index in [0.29, 0.717) is 7.92 Å². The van der Waals surface area contributed by atoms with Crippen LogP contribution < -0.4 is 0 Å². The molecule has 0 spiro atoms. The van der Waals surface area contributed by atoms with Gasteiger partial charge in [-0.25, -0.2) is 0 Å². The summed E-state index contributed by atoms with van der Waals surface area (Å²) in [5.41, 5.74) is 0. The van der Waals surface area contributed by atoms with Gasteiger partial charge in [0.1, 0.15) is 0 Å². The minimum atomic E-state index is 0.424. The van der Waals surface area contributed by atoms with E-state index in [2.05, 4.69) is 20.8 Å².